The molecule has 3 aromatic carbocycles. The molecule has 3 nitrogen and oxygen atoms in total. The van der Waals surface area contributed by atoms with Gasteiger partial charge in [0.1, 0.15) is 0 Å². The van der Waals surface area contributed by atoms with E-state index in [4.69, 9.17) is 0 Å². The lowest BCUT2D eigenvalue weighted by molar-refractivity contribution is 0.562. The van der Waals surface area contributed by atoms with Gasteiger partial charge in [-0.1, -0.05) is 42.5 Å². The van der Waals surface area contributed by atoms with Crippen LogP contribution in [0.4, 0.5) is 0 Å². The molecule has 4 rings (SSSR count). The Bertz CT molecular complexity index is 1380. The molecule has 0 bridgehead atoms. The molecule has 0 spiro atoms. The summed E-state index contributed by atoms with van der Waals surface area (Å²) >= 11 is 1.73. The van der Waals surface area contributed by atoms with Crippen molar-refractivity contribution in [2.45, 2.75) is 23.5 Å². The molecule has 0 aliphatic heterocycles. The Morgan fingerprint density at radius 1 is 0.839 bits per heavy atom. The van der Waals surface area contributed by atoms with Gasteiger partial charge in [-0.2, -0.15) is 0 Å². The maximum Gasteiger partial charge on any atom is 0.156 e. The molecule has 31 heavy (non-hydrogen) atoms. The van der Waals surface area contributed by atoms with Crippen LogP contribution in [0.3, 0.4) is 0 Å². The first-order valence-corrected chi connectivity index (χ1v) is 13.2. The molecule has 0 N–H and O–H groups in total. The zero-order valence-corrected chi connectivity index (χ0v) is 19.7. The van der Waals surface area contributed by atoms with E-state index in [0.29, 0.717) is 0 Å². The van der Waals surface area contributed by atoms with E-state index in [0.717, 1.165) is 33.2 Å². The van der Waals surface area contributed by atoms with E-state index in [1.807, 2.05) is 18.2 Å². The van der Waals surface area contributed by atoms with Crippen LogP contribution in [0, 0.1) is 0 Å². The van der Waals surface area contributed by atoms with Crippen LogP contribution >= 0.6 is 11.8 Å². The van der Waals surface area contributed by atoms with E-state index in [2.05, 4.69) is 65.8 Å². The lowest BCUT2D eigenvalue weighted by Gasteiger charge is -2.25. The Balaban J connectivity index is 1.94. The summed E-state index contributed by atoms with van der Waals surface area (Å²) in [6.45, 7) is 3.50. The summed E-state index contributed by atoms with van der Waals surface area (Å²) in [6.07, 6.45) is 5.08. The van der Waals surface area contributed by atoms with Gasteiger partial charge in [0.25, 0.3) is 0 Å². The Morgan fingerprint density at radius 3 is 2.32 bits per heavy atom. The summed E-state index contributed by atoms with van der Waals surface area (Å²) in [5, 5.41) is 0.932. The number of sulfone groups is 1. The van der Waals surface area contributed by atoms with Crippen LogP contribution in [0.25, 0.3) is 33.2 Å². The lowest BCUT2D eigenvalue weighted by atomic mass is 9.92. The molecule has 4 aromatic rings. The average Bonchev–Trinajstić information content (AvgIpc) is 2.77. The van der Waals surface area contributed by atoms with Crippen LogP contribution in [0.15, 0.2) is 83.9 Å². The second-order valence-electron chi connectivity index (χ2n) is 8.16. The van der Waals surface area contributed by atoms with Gasteiger partial charge in [-0.25, -0.2) is 8.42 Å². The summed E-state index contributed by atoms with van der Waals surface area (Å²) in [6, 6.07) is 24.7. The highest BCUT2D eigenvalue weighted by atomic mass is 32.2. The average molecular weight is 448 g/mol. The van der Waals surface area contributed by atoms with Gasteiger partial charge in [-0.15, -0.1) is 11.8 Å². The predicted molar refractivity (Wildman–Crippen MR) is 132 cm³/mol. The second kappa shape index (κ2) is 8.13. The number of pyridine rings is 1. The molecule has 0 unspecified atom stereocenters. The molecule has 0 fully saturated rings. The SMILES string of the molecule is CSc1ccccc1-c1cccc(-c2cc(C(C)(C)S(C)(=O)=O)c3ncccc3c2)c1. The number of aromatic nitrogens is 1. The monoisotopic (exact) mass is 447 g/mol. The molecule has 1 aromatic heterocycles. The van der Waals surface area contributed by atoms with E-state index < -0.39 is 14.6 Å². The molecular weight excluding hydrogens is 422 g/mol. The smallest absolute Gasteiger partial charge is 0.156 e. The molecule has 158 valence electrons. The number of rotatable bonds is 5. The fourth-order valence-corrected chi connectivity index (χ4v) is 4.94. The highest BCUT2D eigenvalue weighted by Crippen LogP contribution is 2.38. The van der Waals surface area contributed by atoms with Gasteiger partial charge in [0.15, 0.2) is 9.84 Å². The van der Waals surface area contributed by atoms with Gasteiger partial charge in [0.2, 0.25) is 0 Å². The summed E-state index contributed by atoms with van der Waals surface area (Å²) < 4.78 is 24.2. The number of fused-ring (bicyclic) bond motifs is 1. The number of thioether (sulfide) groups is 1. The molecule has 0 amide bonds. The Labute approximate surface area is 188 Å². The van der Waals surface area contributed by atoms with Crippen LogP contribution < -0.4 is 0 Å². The van der Waals surface area contributed by atoms with E-state index in [-0.39, 0.29) is 0 Å². The second-order valence-corrected chi connectivity index (χ2v) is 11.6. The van der Waals surface area contributed by atoms with Crippen LogP contribution in [-0.4, -0.2) is 25.9 Å². The van der Waals surface area contributed by atoms with Crippen LogP contribution in [0.1, 0.15) is 19.4 Å². The first kappa shape index (κ1) is 21.6. The van der Waals surface area contributed by atoms with Gasteiger partial charge < -0.3 is 0 Å². The van der Waals surface area contributed by atoms with Crippen molar-refractivity contribution in [2.24, 2.45) is 0 Å². The van der Waals surface area contributed by atoms with Crippen molar-refractivity contribution in [1.82, 2.24) is 4.98 Å². The van der Waals surface area contributed by atoms with Crippen molar-refractivity contribution in [3.8, 4) is 22.3 Å². The maximum atomic E-state index is 12.6. The van der Waals surface area contributed by atoms with Crippen molar-refractivity contribution in [1.29, 1.82) is 0 Å². The summed E-state index contributed by atoms with van der Waals surface area (Å²) in [5.74, 6) is 0. The minimum absolute atomic E-state index is 0.720. The van der Waals surface area contributed by atoms with Crippen LogP contribution in [0.5, 0.6) is 0 Å². The standard InChI is InChI=1S/C26H25NO2S2/c1-26(2,31(4,28)29)23-17-21(16-20-11-8-14-27-25(20)23)18-9-7-10-19(15-18)22-12-5-6-13-24(22)30-3/h5-17H,1-4H3. The minimum atomic E-state index is -3.35. The summed E-state index contributed by atoms with van der Waals surface area (Å²) in [5.41, 5.74) is 5.80. The van der Waals surface area contributed by atoms with Crippen molar-refractivity contribution in [2.75, 3.05) is 12.5 Å². The molecule has 0 saturated carbocycles. The van der Waals surface area contributed by atoms with E-state index >= 15 is 0 Å². The highest BCUT2D eigenvalue weighted by molar-refractivity contribution is 7.98. The van der Waals surface area contributed by atoms with E-state index in [9.17, 15) is 8.42 Å². The van der Waals surface area contributed by atoms with Gasteiger partial charge in [-0.05, 0) is 78.3 Å². The van der Waals surface area contributed by atoms with E-state index in [1.165, 1.54) is 16.7 Å². The molecule has 0 saturated heterocycles. The third-order valence-corrected chi connectivity index (χ3v) is 8.76. The number of nitrogens with zero attached hydrogens (tertiary/aromatic N) is 1. The largest absolute Gasteiger partial charge is 0.256 e. The third kappa shape index (κ3) is 4.00. The number of hydrogen-bond donors (Lipinski definition) is 0. The number of hydrogen-bond acceptors (Lipinski definition) is 4. The molecule has 0 atom stereocenters. The van der Waals surface area contributed by atoms with Gasteiger partial charge in [-0.3, -0.25) is 4.98 Å². The zero-order valence-electron chi connectivity index (χ0n) is 18.1. The normalized spacial score (nSPS) is 12.3. The molecular formula is C26H25NO2S2. The molecule has 1 heterocycles. The van der Waals surface area contributed by atoms with Crippen LogP contribution in [-0.2, 0) is 14.6 Å². The maximum absolute atomic E-state index is 12.6. The van der Waals surface area contributed by atoms with Crippen molar-refractivity contribution < 1.29 is 8.42 Å². The van der Waals surface area contributed by atoms with Crippen molar-refractivity contribution >= 4 is 32.5 Å². The van der Waals surface area contributed by atoms with Crippen molar-refractivity contribution in [3.05, 3.63) is 84.6 Å². The molecule has 0 aliphatic carbocycles. The quantitative estimate of drug-likeness (QED) is 0.325. The summed E-state index contributed by atoms with van der Waals surface area (Å²) in [4.78, 5) is 5.74. The first-order valence-electron chi connectivity index (χ1n) is 10.0. The topological polar surface area (TPSA) is 47.0 Å². The van der Waals surface area contributed by atoms with Gasteiger partial charge >= 0.3 is 0 Å². The Hall–Kier alpha value is -2.63. The van der Waals surface area contributed by atoms with Gasteiger partial charge in [0, 0.05) is 22.7 Å². The Kier molecular flexibility index (Phi) is 5.67. The summed E-state index contributed by atoms with van der Waals surface area (Å²) in [7, 11) is -3.35. The van der Waals surface area contributed by atoms with Crippen molar-refractivity contribution in [3.63, 3.8) is 0 Å². The van der Waals surface area contributed by atoms with Crippen LogP contribution in [0.2, 0.25) is 0 Å². The zero-order chi connectivity index (χ0) is 22.2. The number of benzene rings is 3. The molecule has 0 radical (unpaired) electrons. The predicted octanol–water partition coefficient (Wildman–Crippen LogP) is 6.57. The Morgan fingerprint density at radius 2 is 1.58 bits per heavy atom. The third-order valence-electron chi connectivity index (χ3n) is 5.89. The molecule has 5 heteroatoms. The fourth-order valence-electron chi connectivity index (χ4n) is 3.77. The van der Waals surface area contributed by atoms with E-state index in [1.54, 1.807) is 31.8 Å². The molecule has 0 aliphatic rings. The fraction of sp³-hybridized carbons (Fsp3) is 0.192. The minimum Gasteiger partial charge on any atom is -0.256 e. The first-order chi connectivity index (χ1) is 14.7. The van der Waals surface area contributed by atoms with Gasteiger partial charge in [0.05, 0.1) is 10.3 Å². The highest BCUT2D eigenvalue weighted by Gasteiger charge is 2.34. The lowest BCUT2D eigenvalue weighted by Crippen LogP contribution is -2.28.